The fraction of sp³-hybridized carbons (Fsp3) is 0.636. The highest BCUT2D eigenvalue weighted by Gasteiger charge is 2.27. The molecule has 2 atom stereocenters. The van der Waals surface area contributed by atoms with E-state index >= 15 is 0 Å². The maximum atomic E-state index is 11.1. The number of nitrogens with one attached hydrogen (secondary N) is 1. The molecule has 1 aliphatic heterocycles. The second-order valence-corrected chi connectivity index (χ2v) is 3.82. The van der Waals surface area contributed by atoms with Crippen molar-refractivity contribution in [2.75, 3.05) is 19.8 Å². The molecule has 1 rings (SSSR count). The number of ether oxygens (including phenoxy) is 2. The molecule has 6 heteroatoms. The van der Waals surface area contributed by atoms with Crippen molar-refractivity contribution in [3.63, 3.8) is 0 Å². The van der Waals surface area contributed by atoms with Gasteiger partial charge >= 0.3 is 12.1 Å². The summed E-state index contributed by atoms with van der Waals surface area (Å²) in [5.41, 5.74) is 0. The van der Waals surface area contributed by atoms with Crippen LogP contribution in [-0.4, -0.2) is 43.0 Å². The van der Waals surface area contributed by atoms with E-state index in [0.29, 0.717) is 19.4 Å². The predicted octanol–water partition coefficient (Wildman–Crippen LogP) is 0.778. The van der Waals surface area contributed by atoms with Gasteiger partial charge in [-0.15, -0.1) is 0 Å². The summed E-state index contributed by atoms with van der Waals surface area (Å²) < 4.78 is 10.1. The molecule has 0 radical (unpaired) electrons. The third-order valence-corrected chi connectivity index (χ3v) is 2.52. The van der Waals surface area contributed by atoms with Crippen LogP contribution in [0, 0.1) is 5.92 Å². The van der Waals surface area contributed by atoms with Crippen LogP contribution in [0.15, 0.2) is 12.7 Å². The zero-order valence-electron chi connectivity index (χ0n) is 9.55. The van der Waals surface area contributed by atoms with Gasteiger partial charge in [-0.3, -0.25) is 4.79 Å². The molecule has 0 aromatic rings. The first-order chi connectivity index (χ1) is 8.13. The van der Waals surface area contributed by atoms with Crippen LogP contribution in [0.2, 0.25) is 0 Å². The lowest BCUT2D eigenvalue weighted by molar-refractivity contribution is -0.146. The number of aliphatic carboxylic acids is 1. The van der Waals surface area contributed by atoms with Gasteiger partial charge in [-0.1, -0.05) is 12.7 Å². The van der Waals surface area contributed by atoms with E-state index in [2.05, 4.69) is 11.9 Å². The van der Waals surface area contributed by atoms with E-state index in [9.17, 15) is 9.59 Å². The Kier molecular flexibility index (Phi) is 5.48. The Morgan fingerprint density at radius 3 is 3.00 bits per heavy atom. The predicted molar refractivity (Wildman–Crippen MR) is 59.6 cm³/mol. The van der Waals surface area contributed by atoms with Crippen molar-refractivity contribution in [1.82, 2.24) is 5.32 Å². The molecular weight excluding hydrogens is 226 g/mol. The molecule has 1 heterocycles. The Bertz CT molecular complexity index is 292. The molecule has 96 valence electrons. The molecule has 0 spiro atoms. The summed E-state index contributed by atoms with van der Waals surface area (Å²) in [4.78, 5) is 21.9. The third-order valence-electron chi connectivity index (χ3n) is 2.52. The zero-order chi connectivity index (χ0) is 12.7. The van der Waals surface area contributed by atoms with Crippen LogP contribution in [-0.2, 0) is 14.3 Å². The van der Waals surface area contributed by atoms with E-state index < -0.39 is 12.1 Å². The van der Waals surface area contributed by atoms with Gasteiger partial charge < -0.3 is 19.9 Å². The van der Waals surface area contributed by atoms with Crippen LogP contribution >= 0.6 is 0 Å². The first-order valence-electron chi connectivity index (χ1n) is 5.49. The average Bonchev–Trinajstić information content (AvgIpc) is 2.34. The maximum absolute atomic E-state index is 11.1. The smallest absolute Gasteiger partial charge is 0.407 e. The topological polar surface area (TPSA) is 84.9 Å². The number of carbonyl (C=O) groups excluding carboxylic acids is 1. The summed E-state index contributed by atoms with van der Waals surface area (Å²) in [6.07, 6.45) is 1.59. The van der Waals surface area contributed by atoms with E-state index in [0.717, 1.165) is 0 Å². The summed E-state index contributed by atoms with van der Waals surface area (Å²) in [6, 6.07) is 0. The maximum Gasteiger partial charge on any atom is 0.407 e. The number of hydrogen-bond donors (Lipinski definition) is 2. The standard InChI is InChI=1S/C11H17NO5/c1-2-4-17-11(15)12-7-9-6-8(10(13)14)3-5-16-9/h2,8-9H,1,3-7H2,(H,12,15)(H,13,14)/t8-,9+/m1/s1. The molecule has 0 saturated carbocycles. The Labute approximate surface area is 99.6 Å². The SMILES string of the molecule is C=CCOC(=O)NC[C@@H]1C[C@H](C(=O)O)CCO1. The molecule has 1 fully saturated rings. The largest absolute Gasteiger partial charge is 0.481 e. The van der Waals surface area contributed by atoms with Gasteiger partial charge in [-0.2, -0.15) is 0 Å². The summed E-state index contributed by atoms with van der Waals surface area (Å²) in [7, 11) is 0. The molecule has 6 nitrogen and oxygen atoms in total. The van der Waals surface area contributed by atoms with Gasteiger partial charge in [0.1, 0.15) is 6.61 Å². The minimum atomic E-state index is -0.812. The van der Waals surface area contributed by atoms with Crippen LogP contribution in [0.1, 0.15) is 12.8 Å². The van der Waals surface area contributed by atoms with Crippen LogP contribution in [0.25, 0.3) is 0 Å². The zero-order valence-corrected chi connectivity index (χ0v) is 9.55. The highest BCUT2D eigenvalue weighted by molar-refractivity contribution is 5.70. The normalized spacial score (nSPS) is 23.8. The quantitative estimate of drug-likeness (QED) is 0.697. The first kappa shape index (κ1) is 13.5. The second-order valence-electron chi connectivity index (χ2n) is 3.82. The molecule has 1 amide bonds. The van der Waals surface area contributed by atoms with Gasteiger partial charge in [0.15, 0.2) is 0 Å². The molecule has 0 aliphatic carbocycles. The van der Waals surface area contributed by atoms with Crippen molar-refractivity contribution in [2.45, 2.75) is 18.9 Å². The van der Waals surface area contributed by atoms with Gasteiger partial charge in [0.25, 0.3) is 0 Å². The lowest BCUT2D eigenvalue weighted by Crippen LogP contribution is -2.39. The Morgan fingerprint density at radius 2 is 2.35 bits per heavy atom. The molecule has 0 unspecified atom stereocenters. The van der Waals surface area contributed by atoms with E-state index in [4.69, 9.17) is 14.6 Å². The molecule has 0 bridgehead atoms. The number of carbonyl (C=O) groups is 2. The van der Waals surface area contributed by atoms with Crippen molar-refractivity contribution in [1.29, 1.82) is 0 Å². The van der Waals surface area contributed by atoms with Crippen molar-refractivity contribution in [3.05, 3.63) is 12.7 Å². The molecule has 17 heavy (non-hydrogen) atoms. The molecule has 2 N–H and O–H groups in total. The lowest BCUT2D eigenvalue weighted by atomic mass is 9.96. The van der Waals surface area contributed by atoms with Crippen molar-refractivity contribution >= 4 is 12.1 Å². The Balaban J connectivity index is 2.24. The van der Waals surface area contributed by atoms with Crippen molar-refractivity contribution in [2.24, 2.45) is 5.92 Å². The first-order valence-corrected chi connectivity index (χ1v) is 5.49. The fourth-order valence-electron chi connectivity index (χ4n) is 1.63. The molecular formula is C11H17NO5. The minimum absolute atomic E-state index is 0.148. The lowest BCUT2D eigenvalue weighted by Gasteiger charge is -2.27. The van der Waals surface area contributed by atoms with Crippen LogP contribution in [0.5, 0.6) is 0 Å². The number of hydrogen-bond acceptors (Lipinski definition) is 4. The highest BCUT2D eigenvalue weighted by atomic mass is 16.5. The summed E-state index contributed by atoms with van der Waals surface area (Å²) in [5.74, 6) is -1.20. The van der Waals surface area contributed by atoms with E-state index in [-0.39, 0.29) is 25.2 Å². The van der Waals surface area contributed by atoms with Gasteiger partial charge in [0.05, 0.1) is 12.0 Å². The summed E-state index contributed by atoms with van der Waals surface area (Å²) >= 11 is 0. The molecule has 1 saturated heterocycles. The minimum Gasteiger partial charge on any atom is -0.481 e. The van der Waals surface area contributed by atoms with Crippen LogP contribution in [0.4, 0.5) is 4.79 Å². The van der Waals surface area contributed by atoms with Crippen LogP contribution in [0.3, 0.4) is 0 Å². The van der Waals surface area contributed by atoms with E-state index in [1.165, 1.54) is 6.08 Å². The van der Waals surface area contributed by atoms with Gasteiger partial charge in [-0.25, -0.2) is 4.79 Å². The van der Waals surface area contributed by atoms with E-state index in [1.54, 1.807) is 0 Å². The Hall–Kier alpha value is -1.56. The number of rotatable bonds is 5. The van der Waals surface area contributed by atoms with Crippen molar-refractivity contribution < 1.29 is 24.2 Å². The Morgan fingerprint density at radius 1 is 1.59 bits per heavy atom. The van der Waals surface area contributed by atoms with Crippen LogP contribution < -0.4 is 5.32 Å². The fourth-order valence-corrected chi connectivity index (χ4v) is 1.63. The number of carboxylic acid groups (broad SMARTS) is 1. The summed E-state index contributed by atoms with van der Waals surface area (Å²) in [5, 5.41) is 11.4. The second kappa shape index (κ2) is 6.90. The summed E-state index contributed by atoms with van der Waals surface area (Å²) in [6.45, 7) is 4.24. The number of alkyl carbamates (subject to hydrolysis) is 1. The number of amides is 1. The average molecular weight is 243 g/mol. The van der Waals surface area contributed by atoms with Gasteiger partial charge in [0, 0.05) is 13.2 Å². The highest BCUT2D eigenvalue weighted by Crippen LogP contribution is 2.19. The molecule has 1 aliphatic rings. The van der Waals surface area contributed by atoms with Crippen molar-refractivity contribution in [3.8, 4) is 0 Å². The third kappa shape index (κ3) is 4.86. The molecule has 0 aromatic heterocycles. The van der Waals surface area contributed by atoms with Gasteiger partial charge in [0.2, 0.25) is 0 Å². The van der Waals surface area contributed by atoms with Gasteiger partial charge in [-0.05, 0) is 12.8 Å². The number of carboxylic acids is 1. The molecule has 0 aromatic carbocycles. The monoisotopic (exact) mass is 243 g/mol. The van der Waals surface area contributed by atoms with E-state index in [1.807, 2.05) is 0 Å².